The SMILES string of the molecule is COc1[nH]c(=O)c(-c2cc(Cl)ccc2F)cc1Nc1ncnc2ccncc12. The standard InChI is InChI=1S/C19H13ClFN5O2/c1-28-19-16(25-17-13-8-22-5-4-15(13)23-9-24-17)7-12(18(27)26-19)11-6-10(20)2-3-14(11)21/h2-9H,1H3,(H,26,27)(H,23,24,25). The zero-order valence-electron chi connectivity index (χ0n) is 14.5. The van der Waals surface area contributed by atoms with E-state index in [1.54, 1.807) is 18.5 Å². The molecule has 1 aromatic carbocycles. The van der Waals surface area contributed by atoms with Gasteiger partial charge in [-0.2, -0.15) is 0 Å². The summed E-state index contributed by atoms with van der Waals surface area (Å²) >= 11 is 5.97. The van der Waals surface area contributed by atoms with Crippen molar-refractivity contribution in [3.63, 3.8) is 0 Å². The predicted molar refractivity (Wildman–Crippen MR) is 105 cm³/mol. The van der Waals surface area contributed by atoms with Crippen LogP contribution in [0.4, 0.5) is 15.9 Å². The monoisotopic (exact) mass is 397 g/mol. The van der Waals surface area contributed by atoms with E-state index in [-0.39, 0.29) is 17.0 Å². The van der Waals surface area contributed by atoms with E-state index >= 15 is 0 Å². The van der Waals surface area contributed by atoms with E-state index in [1.165, 1.54) is 37.7 Å². The predicted octanol–water partition coefficient (Wildman–Crippen LogP) is 3.92. The number of rotatable bonds is 4. The summed E-state index contributed by atoms with van der Waals surface area (Å²) in [5, 5.41) is 4.08. The largest absolute Gasteiger partial charge is 0.481 e. The van der Waals surface area contributed by atoms with Gasteiger partial charge in [0.15, 0.2) is 0 Å². The summed E-state index contributed by atoms with van der Waals surface area (Å²) in [7, 11) is 1.41. The fraction of sp³-hybridized carbons (Fsp3) is 0.0526. The second kappa shape index (κ2) is 7.24. The van der Waals surface area contributed by atoms with Gasteiger partial charge in [0.05, 0.1) is 23.6 Å². The number of hydrogen-bond acceptors (Lipinski definition) is 6. The Morgan fingerprint density at radius 2 is 2.04 bits per heavy atom. The minimum atomic E-state index is -0.567. The molecular weight excluding hydrogens is 385 g/mol. The van der Waals surface area contributed by atoms with Crippen molar-refractivity contribution in [1.82, 2.24) is 19.9 Å². The molecule has 0 saturated heterocycles. The number of ether oxygens (including phenoxy) is 1. The van der Waals surface area contributed by atoms with Gasteiger partial charge >= 0.3 is 0 Å². The molecule has 0 unspecified atom stereocenters. The zero-order valence-corrected chi connectivity index (χ0v) is 15.3. The second-order valence-corrected chi connectivity index (χ2v) is 6.26. The average molecular weight is 398 g/mol. The lowest BCUT2D eigenvalue weighted by Gasteiger charge is -2.13. The topological polar surface area (TPSA) is 92.8 Å². The molecular formula is C19H13ClFN5O2. The number of fused-ring (bicyclic) bond motifs is 1. The Hall–Kier alpha value is -3.52. The smallest absolute Gasteiger partial charge is 0.258 e. The maximum atomic E-state index is 14.3. The van der Waals surface area contributed by atoms with Crippen molar-refractivity contribution in [3.05, 3.63) is 70.2 Å². The normalized spacial score (nSPS) is 10.8. The third kappa shape index (κ3) is 3.25. The van der Waals surface area contributed by atoms with Gasteiger partial charge in [-0.25, -0.2) is 14.4 Å². The van der Waals surface area contributed by atoms with Crippen LogP contribution in [-0.4, -0.2) is 27.0 Å². The van der Waals surface area contributed by atoms with E-state index < -0.39 is 11.4 Å². The summed E-state index contributed by atoms with van der Waals surface area (Å²) in [6.45, 7) is 0. The lowest BCUT2D eigenvalue weighted by molar-refractivity contribution is 0.399. The molecule has 3 aromatic heterocycles. The van der Waals surface area contributed by atoms with Crippen molar-refractivity contribution in [2.75, 3.05) is 12.4 Å². The van der Waals surface area contributed by atoms with Crippen LogP contribution in [0, 0.1) is 5.82 Å². The first kappa shape index (κ1) is 17.9. The number of pyridine rings is 2. The fourth-order valence-electron chi connectivity index (χ4n) is 2.80. The molecule has 9 heteroatoms. The molecule has 0 aliphatic carbocycles. The lowest BCUT2D eigenvalue weighted by atomic mass is 10.1. The van der Waals surface area contributed by atoms with Gasteiger partial charge in [0, 0.05) is 23.0 Å². The molecule has 0 aliphatic heterocycles. The van der Waals surface area contributed by atoms with Crippen molar-refractivity contribution in [1.29, 1.82) is 0 Å². The third-order valence-electron chi connectivity index (χ3n) is 4.12. The van der Waals surface area contributed by atoms with Crippen LogP contribution in [0.15, 0.2) is 53.8 Å². The van der Waals surface area contributed by atoms with Crippen molar-refractivity contribution < 1.29 is 9.13 Å². The highest BCUT2D eigenvalue weighted by atomic mass is 35.5. The Morgan fingerprint density at radius 1 is 1.18 bits per heavy atom. The van der Waals surface area contributed by atoms with Gasteiger partial charge in [-0.05, 0) is 30.3 Å². The molecule has 0 amide bonds. The molecule has 0 saturated carbocycles. The molecule has 7 nitrogen and oxygen atoms in total. The van der Waals surface area contributed by atoms with Crippen LogP contribution in [0.3, 0.4) is 0 Å². The van der Waals surface area contributed by atoms with Gasteiger partial charge in [-0.3, -0.25) is 14.8 Å². The Kier molecular flexibility index (Phi) is 4.62. The molecule has 3 heterocycles. The Balaban J connectivity index is 1.87. The molecule has 0 bridgehead atoms. The highest BCUT2D eigenvalue weighted by Crippen LogP contribution is 2.31. The van der Waals surface area contributed by atoms with Crippen LogP contribution in [-0.2, 0) is 0 Å². The van der Waals surface area contributed by atoms with Crippen molar-refractivity contribution in [2.45, 2.75) is 0 Å². The average Bonchev–Trinajstić information content (AvgIpc) is 2.71. The van der Waals surface area contributed by atoms with E-state index in [4.69, 9.17) is 16.3 Å². The number of benzene rings is 1. The number of anilines is 2. The highest BCUT2D eigenvalue weighted by Gasteiger charge is 2.16. The van der Waals surface area contributed by atoms with E-state index in [9.17, 15) is 9.18 Å². The van der Waals surface area contributed by atoms with E-state index in [2.05, 4.69) is 25.3 Å². The first-order valence-electron chi connectivity index (χ1n) is 8.15. The first-order chi connectivity index (χ1) is 13.6. The van der Waals surface area contributed by atoms with Gasteiger partial charge in [-0.15, -0.1) is 0 Å². The quantitative estimate of drug-likeness (QED) is 0.542. The summed E-state index contributed by atoms with van der Waals surface area (Å²) < 4.78 is 19.6. The maximum absolute atomic E-state index is 14.3. The van der Waals surface area contributed by atoms with Crippen LogP contribution >= 0.6 is 11.6 Å². The van der Waals surface area contributed by atoms with E-state index in [0.29, 0.717) is 27.4 Å². The number of aromatic nitrogens is 4. The van der Waals surface area contributed by atoms with Gasteiger partial charge in [0.2, 0.25) is 5.88 Å². The van der Waals surface area contributed by atoms with Crippen LogP contribution < -0.4 is 15.6 Å². The number of halogens is 2. The number of hydrogen-bond donors (Lipinski definition) is 2. The Morgan fingerprint density at radius 3 is 2.86 bits per heavy atom. The number of aromatic amines is 1. The Bertz CT molecular complexity index is 1240. The molecule has 0 atom stereocenters. The molecule has 4 rings (SSSR count). The fourth-order valence-corrected chi connectivity index (χ4v) is 2.97. The summed E-state index contributed by atoms with van der Waals surface area (Å²) in [4.78, 5) is 27.6. The van der Waals surface area contributed by atoms with Gasteiger partial charge in [0.1, 0.15) is 23.6 Å². The van der Waals surface area contributed by atoms with Gasteiger partial charge in [0.25, 0.3) is 5.56 Å². The number of H-pyrrole nitrogens is 1. The van der Waals surface area contributed by atoms with Gasteiger partial charge < -0.3 is 10.1 Å². The number of nitrogens with zero attached hydrogens (tertiary/aromatic N) is 3. The van der Waals surface area contributed by atoms with Crippen molar-refractivity contribution in [2.24, 2.45) is 0 Å². The summed E-state index contributed by atoms with van der Waals surface area (Å²) in [6.07, 6.45) is 4.65. The lowest BCUT2D eigenvalue weighted by Crippen LogP contribution is -2.13. The van der Waals surface area contributed by atoms with Crippen LogP contribution in [0.2, 0.25) is 5.02 Å². The van der Waals surface area contributed by atoms with E-state index in [1.807, 2.05) is 0 Å². The van der Waals surface area contributed by atoms with Crippen LogP contribution in [0.25, 0.3) is 22.0 Å². The minimum Gasteiger partial charge on any atom is -0.481 e. The van der Waals surface area contributed by atoms with E-state index in [0.717, 1.165) is 0 Å². The molecule has 0 aliphatic rings. The van der Waals surface area contributed by atoms with Crippen molar-refractivity contribution >= 4 is 34.0 Å². The highest BCUT2D eigenvalue weighted by molar-refractivity contribution is 6.30. The molecule has 4 aromatic rings. The molecule has 28 heavy (non-hydrogen) atoms. The zero-order chi connectivity index (χ0) is 19.7. The summed E-state index contributed by atoms with van der Waals surface area (Å²) in [6, 6.07) is 7.24. The minimum absolute atomic E-state index is 0.0775. The molecule has 0 radical (unpaired) electrons. The number of nitrogens with one attached hydrogen (secondary N) is 2. The molecule has 140 valence electrons. The maximum Gasteiger partial charge on any atom is 0.258 e. The number of methoxy groups -OCH3 is 1. The first-order valence-corrected chi connectivity index (χ1v) is 8.53. The molecule has 0 spiro atoms. The molecule has 0 fully saturated rings. The molecule has 2 N–H and O–H groups in total. The Labute approximate surface area is 163 Å². The summed E-state index contributed by atoms with van der Waals surface area (Å²) in [5.41, 5.74) is 0.739. The van der Waals surface area contributed by atoms with Gasteiger partial charge in [-0.1, -0.05) is 11.6 Å². The third-order valence-corrected chi connectivity index (χ3v) is 4.35. The second-order valence-electron chi connectivity index (χ2n) is 5.82. The van der Waals surface area contributed by atoms with Crippen LogP contribution in [0.5, 0.6) is 5.88 Å². The van der Waals surface area contributed by atoms with Crippen molar-refractivity contribution in [3.8, 4) is 17.0 Å². The van der Waals surface area contributed by atoms with Crippen LogP contribution in [0.1, 0.15) is 0 Å². The summed E-state index contributed by atoms with van der Waals surface area (Å²) in [5.74, 6) is 0.0653.